The number of unbranched alkanes of at least 4 members (excludes halogenated alkanes) is 1. The summed E-state index contributed by atoms with van der Waals surface area (Å²) < 4.78 is 4.72. The van der Waals surface area contributed by atoms with Crippen LogP contribution in [0.2, 0.25) is 0 Å². The maximum atomic E-state index is 11.1. The molecule has 33 heavy (non-hydrogen) atoms. The van der Waals surface area contributed by atoms with Gasteiger partial charge in [-0.05, 0) is 95.0 Å². The molecule has 1 aromatic heterocycles. The molecule has 4 rings (SSSR count). The number of nitrogens with zero attached hydrogens (tertiary/aromatic N) is 3. The maximum absolute atomic E-state index is 11.1. The van der Waals surface area contributed by atoms with Crippen LogP contribution in [0.1, 0.15) is 42.9 Å². The van der Waals surface area contributed by atoms with E-state index in [0.29, 0.717) is 18.4 Å². The number of benzene rings is 3. The van der Waals surface area contributed by atoms with Gasteiger partial charge >= 0.3 is 5.69 Å². The minimum Gasteiger partial charge on any atom is -0.508 e. The van der Waals surface area contributed by atoms with Gasteiger partial charge in [-0.3, -0.25) is 10.1 Å². The summed E-state index contributed by atoms with van der Waals surface area (Å²) in [5, 5.41) is 39.3. The van der Waals surface area contributed by atoms with Crippen LogP contribution in [0.4, 0.5) is 5.69 Å². The van der Waals surface area contributed by atoms with E-state index in [2.05, 4.69) is 17.2 Å². The van der Waals surface area contributed by atoms with Gasteiger partial charge in [0.25, 0.3) is 0 Å². The van der Waals surface area contributed by atoms with Crippen molar-refractivity contribution in [2.45, 2.75) is 45.4 Å². The zero-order valence-electron chi connectivity index (χ0n) is 18.3. The Morgan fingerprint density at radius 2 is 1.61 bits per heavy atom. The van der Waals surface area contributed by atoms with Crippen LogP contribution in [0.3, 0.4) is 0 Å². The minimum atomic E-state index is -0.498. The van der Waals surface area contributed by atoms with Gasteiger partial charge in [-0.1, -0.05) is 25.5 Å². The Hall–Kier alpha value is -3.94. The largest absolute Gasteiger partial charge is 0.508 e. The third-order valence-electron chi connectivity index (χ3n) is 5.81. The zero-order valence-corrected chi connectivity index (χ0v) is 18.3. The van der Waals surface area contributed by atoms with Gasteiger partial charge in [-0.2, -0.15) is 0 Å². The second-order valence-corrected chi connectivity index (χ2v) is 8.11. The highest BCUT2D eigenvalue weighted by atomic mass is 16.6. The van der Waals surface area contributed by atoms with Crippen molar-refractivity contribution in [3.05, 3.63) is 75.3 Å². The van der Waals surface area contributed by atoms with Crippen LogP contribution in [0.15, 0.2) is 53.2 Å². The first-order valence-electron chi connectivity index (χ1n) is 11.0. The molecule has 0 aliphatic carbocycles. The molecule has 8 heteroatoms. The number of aromatic hydroxyl groups is 2. The molecule has 170 valence electrons. The van der Waals surface area contributed by atoms with E-state index in [1.807, 2.05) is 24.3 Å². The predicted octanol–water partition coefficient (Wildman–Crippen LogP) is 5.73. The highest BCUT2D eigenvalue weighted by Crippen LogP contribution is 2.34. The third-order valence-corrected chi connectivity index (χ3v) is 5.81. The smallest absolute Gasteiger partial charge is 0.300 e. The molecular formula is C25H25N3O5. The molecule has 3 aromatic carbocycles. The summed E-state index contributed by atoms with van der Waals surface area (Å²) in [7, 11) is 0. The molecule has 0 bridgehead atoms. The van der Waals surface area contributed by atoms with E-state index in [1.54, 1.807) is 18.2 Å². The SMILES string of the molecule is CCCc1ccc(O)c(-c2ccc(O)c(CCCCc3ccc([N+](=O)[O-])c4nonc34)c2)c1. The molecule has 0 spiro atoms. The molecule has 0 saturated heterocycles. The summed E-state index contributed by atoms with van der Waals surface area (Å²) in [4.78, 5) is 10.6. The van der Waals surface area contributed by atoms with Crippen molar-refractivity contribution in [3.63, 3.8) is 0 Å². The summed E-state index contributed by atoms with van der Waals surface area (Å²) in [5.41, 5.74) is 4.89. The normalized spacial score (nSPS) is 11.2. The van der Waals surface area contributed by atoms with Crippen LogP contribution >= 0.6 is 0 Å². The lowest BCUT2D eigenvalue weighted by Gasteiger charge is -2.11. The first-order valence-corrected chi connectivity index (χ1v) is 11.0. The van der Waals surface area contributed by atoms with Crippen molar-refractivity contribution in [2.24, 2.45) is 0 Å². The first-order chi connectivity index (χ1) is 16.0. The number of rotatable bonds is 9. The fourth-order valence-corrected chi connectivity index (χ4v) is 4.10. The Labute approximate surface area is 190 Å². The number of nitro groups is 1. The molecule has 0 aliphatic heterocycles. The van der Waals surface area contributed by atoms with Gasteiger partial charge in [0.15, 0.2) is 0 Å². The van der Waals surface area contributed by atoms with E-state index in [0.717, 1.165) is 53.5 Å². The maximum Gasteiger partial charge on any atom is 0.300 e. The Bertz CT molecular complexity index is 1300. The van der Waals surface area contributed by atoms with Crippen molar-refractivity contribution in [3.8, 4) is 22.6 Å². The molecule has 4 aromatic rings. The topological polar surface area (TPSA) is 123 Å². The molecule has 0 saturated carbocycles. The Balaban J connectivity index is 1.45. The van der Waals surface area contributed by atoms with Crippen LogP contribution in [-0.4, -0.2) is 25.4 Å². The number of fused-ring (bicyclic) bond motifs is 1. The van der Waals surface area contributed by atoms with Crippen molar-refractivity contribution < 1.29 is 19.8 Å². The summed E-state index contributed by atoms with van der Waals surface area (Å²) in [5.74, 6) is 0.441. The lowest BCUT2D eigenvalue weighted by atomic mass is 9.96. The van der Waals surface area contributed by atoms with Gasteiger partial charge in [-0.25, -0.2) is 4.63 Å². The summed E-state index contributed by atoms with van der Waals surface area (Å²) >= 11 is 0. The van der Waals surface area contributed by atoms with E-state index in [-0.39, 0.29) is 22.7 Å². The number of non-ortho nitro benzene ring substituents is 1. The summed E-state index contributed by atoms with van der Waals surface area (Å²) in [6.45, 7) is 2.12. The van der Waals surface area contributed by atoms with Crippen LogP contribution in [-0.2, 0) is 19.3 Å². The number of hydrogen-bond acceptors (Lipinski definition) is 7. The highest BCUT2D eigenvalue weighted by molar-refractivity contribution is 5.85. The average molecular weight is 447 g/mol. The van der Waals surface area contributed by atoms with E-state index in [9.17, 15) is 20.3 Å². The standard InChI is InChI=1S/C25H25N3O5/c1-2-5-16-8-12-23(30)20(14-16)18-10-13-22(29)19(15-18)7-4-3-6-17-9-11-21(28(31)32)25-24(17)26-33-27-25/h8-15,29-30H,2-7H2,1H3. The minimum absolute atomic E-state index is 0.122. The molecule has 0 fully saturated rings. The van der Waals surface area contributed by atoms with Crippen LogP contribution in [0.25, 0.3) is 22.2 Å². The fraction of sp³-hybridized carbons (Fsp3) is 0.280. The van der Waals surface area contributed by atoms with Gasteiger partial charge in [0.05, 0.1) is 4.92 Å². The summed E-state index contributed by atoms with van der Waals surface area (Å²) in [6.07, 6.45) is 4.86. The van der Waals surface area contributed by atoms with E-state index in [4.69, 9.17) is 4.63 Å². The van der Waals surface area contributed by atoms with Crippen LogP contribution in [0.5, 0.6) is 11.5 Å². The number of aryl methyl sites for hydroxylation is 3. The number of phenols is 2. The van der Waals surface area contributed by atoms with Gasteiger partial charge in [-0.15, -0.1) is 0 Å². The van der Waals surface area contributed by atoms with Gasteiger partial charge in [0.2, 0.25) is 5.52 Å². The lowest BCUT2D eigenvalue weighted by molar-refractivity contribution is -0.383. The molecular weight excluding hydrogens is 422 g/mol. The summed E-state index contributed by atoms with van der Waals surface area (Å²) in [6, 6.07) is 14.2. The van der Waals surface area contributed by atoms with Gasteiger partial charge in [0, 0.05) is 11.6 Å². The van der Waals surface area contributed by atoms with Gasteiger partial charge in [0.1, 0.15) is 17.0 Å². The monoisotopic (exact) mass is 447 g/mol. The van der Waals surface area contributed by atoms with Crippen LogP contribution in [0, 0.1) is 10.1 Å². The quantitative estimate of drug-likeness (QED) is 0.191. The molecule has 0 aliphatic rings. The molecule has 1 heterocycles. The lowest BCUT2D eigenvalue weighted by Crippen LogP contribution is -1.95. The molecule has 8 nitrogen and oxygen atoms in total. The first kappa shape index (κ1) is 22.3. The molecule has 0 atom stereocenters. The second kappa shape index (κ2) is 9.68. The highest BCUT2D eigenvalue weighted by Gasteiger charge is 2.19. The number of phenolic OH excluding ortho intramolecular Hbond substituents is 2. The Kier molecular flexibility index (Phi) is 6.53. The average Bonchev–Trinajstić information content (AvgIpc) is 3.29. The molecule has 0 unspecified atom stereocenters. The van der Waals surface area contributed by atoms with Crippen molar-refractivity contribution in [1.29, 1.82) is 0 Å². The van der Waals surface area contributed by atoms with Gasteiger partial charge < -0.3 is 10.2 Å². The van der Waals surface area contributed by atoms with E-state index in [1.165, 1.54) is 6.07 Å². The Morgan fingerprint density at radius 1 is 0.879 bits per heavy atom. The predicted molar refractivity (Wildman–Crippen MR) is 124 cm³/mol. The number of aromatic nitrogens is 2. The third kappa shape index (κ3) is 4.79. The molecule has 0 amide bonds. The van der Waals surface area contributed by atoms with E-state index >= 15 is 0 Å². The van der Waals surface area contributed by atoms with E-state index < -0.39 is 4.92 Å². The van der Waals surface area contributed by atoms with Crippen molar-refractivity contribution in [1.82, 2.24) is 10.3 Å². The second-order valence-electron chi connectivity index (χ2n) is 8.11. The van der Waals surface area contributed by atoms with Crippen molar-refractivity contribution >= 4 is 16.7 Å². The fourth-order valence-electron chi connectivity index (χ4n) is 4.10. The molecule has 2 N–H and O–H groups in total. The van der Waals surface area contributed by atoms with Crippen molar-refractivity contribution in [2.75, 3.05) is 0 Å². The van der Waals surface area contributed by atoms with Crippen LogP contribution < -0.4 is 0 Å². The number of nitro benzene ring substituents is 1. The Morgan fingerprint density at radius 3 is 2.36 bits per heavy atom. The number of hydrogen-bond donors (Lipinski definition) is 2. The zero-order chi connectivity index (χ0) is 23.4. The molecule has 0 radical (unpaired) electrons.